The molecule has 0 radical (unpaired) electrons. The van der Waals surface area contributed by atoms with Crippen molar-refractivity contribution in [3.8, 4) is 0 Å². The van der Waals surface area contributed by atoms with Crippen molar-refractivity contribution in [2.75, 3.05) is 6.54 Å². The Hall–Kier alpha value is -0.410. The Kier molecular flexibility index (Phi) is 6.30. The van der Waals surface area contributed by atoms with Gasteiger partial charge in [-0.2, -0.15) is 0 Å². The minimum atomic E-state index is -0.175. The number of benzene rings is 1. The molecule has 0 saturated carbocycles. The van der Waals surface area contributed by atoms with Crippen LogP contribution in [0.25, 0.3) is 0 Å². The molecule has 0 heterocycles. The number of rotatable bonds is 6. The van der Waals surface area contributed by atoms with Gasteiger partial charge in [-0.15, -0.1) is 0 Å². The van der Waals surface area contributed by atoms with E-state index in [-0.39, 0.29) is 5.82 Å². The molecular formula is C15H23BrFN. The fourth-order valence-electron chi connectivity index (χ4n) is 2.42. The van der Waals surface area contributed by atoms with Crippen molar-refractivity contribution in [3.63, 3.8) is 0 Å². The molecule has 0 aliphatic rings. The van der Waals surface area contributed by atoms with Crippen LogP contribution in [0.5, 0.6) is 0 Å². The average molecular weight is 316 g/mol. The highest BCUT2D eigenvalue weighted by atomic mass is 79.9. The van der Waals surface area contributed by atoms with Crippen LogP contribution in [0.2, 0.25) is 0 Å². The van der Waals surface area contributed by atoms with E-state index in [1.807, 2.05) is 6.07 Å². The van der Waals surface area contributed by atoms with Gasteiger partial charge in [0.2, 0.25) is 0 Å². The van der Waals surface area contributed by atoms with Crippen LogP contribution in [0.3, 0.4) is 0 Å². The Bertz CT molecular complexity index is 379. The summed E-state index contributed by atoms with van der Waals surface area (Å²) in [6.07, 6.45) is 0.893. The maximum absolute atomic E-state index is 13.5. The maximum Gasteiger partial charge on any atom is 0.137 e. The third kappa shape index (κ3) is 4.06. The predicted octanol–water partition coefficient (Wildman–Crippen LogP) is 4.40. The molecule has 0 bridgehead atoms. The molecule has 1 rings (SSSR count). The van der Waals surface area contributed by atoms with Gasteiger partial charge in [0.05, 0.1) is 4.47 Å². The summed E-state index contributed by atoms with van der Waals surface area (Å²) >= 11 is 3.35. The zero-order valence-corrected chi connectivity index (χ0v) is 13.2. The second-order valence-electron chi connectivity index (χ2n) is 5.17. The molecule has 0 fully saturated rings. The van der Waals surface area contributed by atoms with Crippen molar-refractivity contribution in [2.45, 2.75) is 40.2 Å². The summed E-state index contributed by atoms with van der Waals surface area (Å²) in [6, 6.07) is 5.71. The van der Waals surface area contributed by atoms with E-state index >= 15 is 0 Å². The Labute approximate surface area is 118 Å². The maximum atomic E-state index is 13.5. The Morgan fingerprint density at radius 3 is 2.50 bits per heavy atom. The second-order valence-corrected chi connectivity index (χ2v) is 5.96. The van der Waals surface area contributed by atoms with Crippen LogP contribution in [-0.2, 0) is 6.42 Å². The van der Waals surface area contributed by atoms with Gasteiger partial charge in [0.1, 0.15) is 5.82 Å². The highest BCUT2D eigenvalue weighted by Crippen LogP contribution is 2.27. The van der Waals surface area contributed by atoms with Gasteiger partial charge in [0.15, 0.2) is 0 Å². The predicted molar refractivity (Wildman–Crippen MR) is 79.3 cm³/mol. The van der Waals surface area contributed by atoms with Gasteiger partial charge in [0, 0.05) is 6.04 Å². The van der Waals surface area contributed by atoms with E-state index in [2.05, 4.69) is 48.9 Å². The highest BCUT2D eigenvalue weighted by molar-refractivity contribution is 9.10. The SMILES string of the molecule is CCNC(C)C(Cc1cccc(F)c1Br)C(C)C. The van der Waals surface area contributed by atoms with E-state index in [4.69, 9.17) is 0 Å². The van der Waals surface area contributed by atoms with Gasteiger partial charge in [-0.3, -0.25) is 0 Å². The minimum absolute atomic E-state index is 0.175. The van der Waals surface area contributed by atoms with Crippen LogP contribution in [-0.4, -0.2) is 12.6 Å². The van der Waals surface area contributed by atoms with Crippen LogP contribution in [0.15, 0.2) is 22.7 Å². The van der Waals surface area contributed by atoms with E-state index < -0.39 is 0 Å². The molecule has 0 aliphatic heterocycles. The molecule has 2 atom stereocenters. The van der Waals surface area contributed by atoms with Gasteiger partial charge < -0.3 is 5.32 Å². The lowest BCUT2D eigenvalue weighted by atomic mass is 9.84. The fourth-order valence-corrected chi connectivity index (χ4v) is 2.85. The lowest BCUT2D eigenvalue weighted by molar-refractivity contribution is 0.291. The summed E-state index contributed by atoms with van der Waals surface area (Å²) in [4.78, 5) is 0. The van der Waals surface area contributed by atoms with Gasteiger partial charge in [0.25, 0.3) is 0 Å². The second kappa shape index (κ2) is 7.25. The van der Waals surface area contributed by atoms with Crippen molar-refractivity contribution in [3.05, 3.63) is 34.1 Å². The summed E-state index contributed by atoms with van der Waals surface area (Å²) in [5, 5.41) is 3.47. The molecule has 1 aromatic rings. The normalized spacial score (nSPS) is 14.8. The number of nitrogens with one attached hydrogen (secondary N) is 1. The molecule has 0 saturated heterocycles. The lowest BCUT2D eigenvalue weighted by Gasteiger charge is -2.28. The zero-order chi connectivity index (χ0) is 13.7. The van der Waals surface area contributed by atoms with E-state index in [0.717, 1.165) is 18.5 Å². The first-order valence-corrected chi connectivity index (χ1v) is 7.42. The molecule has 0 aliphatic carbocycles. The molecule has 0 amide bonds. The van der Waals surface area contributed by atoms with Crippen molar-refractivity contribution in [2.24, 2.45) is 11.8 Å². The molecule has 1 nitrogen and oxygen atoms in total. The topological polar surface area (TPSA) is 12.0 Å². The minimum Gasteiger partial charge on any atom is -0.314 e. The van der Waals surface area contributed by atoms with Crippen LogP contribution < -0.4 is 5.32 Å². The fraction of sp³-hybridized carbons (Fsp3) is 0.600. The largest absolute Gasteiger partial charge is 0.314 e. The monoisotopic (exact) mass is 315 g/mol. The Balaban J connectivity index is 2.86. The molecule has 3 heteroatoms. The Morgan fingerprint density at radius 2 is 1.94 bits per heavy atom. The molecule has 1 N–H and O–H groups in total. The smallest absolute Gasteiger partial charge is 0.137 e. The first-order chi connectivity index (χ1) is 8.47. The molecule has 2 unspecified atom stereocenters. The average Bonchev–Trinajstić information content (AvgIpc) is 2.30. The van der Waals surface area contributed by atoms with Crippen molar-refractivity contribution >= 4 is 15.9 Å². The standard InChI is InChI=1S/C15H23BrFN/c1-5-18-11(4)13(10(2)3)9-12-7-6-8-14(17)15(12)16/h6-8,10-11,13,18H,5,9H2,1-4H3. The molecule has 0 spiro atoms. The van der Waals surface area contributed by atoms with Crippen molar-refractivity contribution < 1.29 is 4.39 Å². The van der Waals surface area contributed by atoms with Crippen LogP contribution in [0, 0.1) is 17.7 Å². The van der Waals surface area contributed by atoms with Crippen LogP contribution in [0.4, 0.5) is 4.39 Å². The van der Waals surface area contributed by atoms with Gasteiger partial charge in [-0.05, 0) is 59.3 Å². The first-order valence-electron chi connectivity index (χ1n) is 6.63. The summed E-state index contributed by atoms with van der Waals surface area (Å²) in [5.41, 5.74) is 1.05. The quantitative estimate of drug-likeness (QED) is 0.820. The third-order valence-corrected chi connectivity index (χ3v) is 4.40. The van der Waals surface area contributed by atoms with Crippen molar-refractivity contribution in [1.29, 1.82) is 0 Å². The Morgan fingerprint density at radius 1 is 1.28 bits per heavy atom. The van der Waals surface area contributed by atoms with Gasteiger partial charge >= 0.3 is 0 Å². The summed E-state index contributed by atoms with van der Waals surface area (Å²) in [6.45, 7) is 9.75. The summed E-state index contributed by atoms with van der Waals surface area (Å²) < 4.78 is 14.1. The van der Waals surface area contributed by atoms with Gasteiger partial charge in [-0.25, -0.2) is 4.39 Å². The number of hydrogen-bond acceptors (Lipinski definition) is 1. The van der Waals surface area contributed by atoms with E-state index in [1.165, 1.54) is 6.07 Å². The lowest BCUT2D eigenvalue weighted by Crippen LogP contribution is -2.37. The third-order valence-electron chi connectivity index (χ3n) is 3.51. The number of halogens is 2. The van der Waals surface area contributed by atoms with E-state index in [0.29, 0.717) is 22.4 Å². The zero-order valence-electron chi connectivity index (χ0n) is 11.6. The van der Waals surface area contributed by atoms with E-state index in [9.17, 15) is 4.39 Å². The number of hydrogen-bond donors (Lipinski definition) is 1. The molecular weight excluding hydrogens is 293 g/mol. The summed E-state index contributed by atoms with van der Waals surface area (Å²) in [5.74, 6) is 0.892. The van der Waals surface area contributed by atoms with Crippen molar-refractivity contribution in [1.82, 2.24) is 5.32 Å². The van der Waals surface area contributed by atoms with Gasteiger partial charge in [-0.1, -0.05) is 32.9 Å². The van der Waals surface area contributed by atoms with Crippen LogP contribution in [0.1, 0.15) is 33.3 Å². The van der Waals surface area contributed by atoms with Crippen LogP contribution >= 0.6 is 15.9 Å². The molecule has 0 aromatic heterocycles. The van der Waals surface area contributed by atoms with E-state index in [1.54, 1.807) is 6.07 Å². The highest BCUT2D eigenvalue weighted by Gasteiger charge is 2.22. The molecule has 102 valence electrons. The first kappa shape index (κ1) is 15.6. The molecule has 1 aromatic carbocycles. The summed E-state index contributed by atoms with van der Waals surface area (Å²) in [7, 11) is 0. The molecule has 18 heavy (non-hydrogen) atoms.